The van der Waals surface area contributed by atoms with Gasteiger partial charge in [0.05, 0.1) is 11.3 Å². The highest BCUT2D eigenvalue weighted by Crippen LogP contribution is 2.51. The number of rotatable bonds is 2. The van der Waals surface area contributed by atoms with E-state index in [1.807, 2.05) is 0 Å². The molecule has 1 aliphatic carbocycles. The van der Waals surface area contributed by atoms with Crippen LogP contribution in [0.2, 0.25) is 0 Å². The Bertz CT molecular complexity index is 2790. The quantitative estimate of drug-likeness (QED) is 0.164. The van der Waals surface area contributed by atoms with Crippen molar-refractivity contribution in [3.05, 3.63) is 137 Å². The molecule has 57 heavy (non-hydrogen) atoms. The Balaban J connectivity index is 1.34. The van der Waals surface area contributed by atoms with E-state index in [4.69, 9.17) is 4.42 Å². The molecule has 3 heterocycles. The minimum Gasteiger partial charge on any atom is -0.468 e. The third-order valence-electron chi connectivity index (χ3n) is 13.6. The summed E-state index contributed by atoms with van der Waals surface area (Å²) in [6.45, 7) is 25.8. The Morgan fingerprint density at radius 3 is 1.84 bits per heavy atom. The molecule has 3 aliphatic rings. The minimum atomic E-state index is -0.0842. The van der Waals surface area contributed by atoms with Crippen LogP contribution in [0.15, 0.2) is 114 Å². The second-order valence-corrected chi connectivity index (χ2v) is 20.6. The molecule has 0 radical (unpaired) electrons. The van der Waals surface area contributed by atoms with Crippen LogP contribution in [0.3, 0.4) is 0 Å². The molecule has 0 N–H and O–H groups in total. The van der Waals surface area contributed by atoms with Crippen molar-refractivity contribution in [2.24, 2.45) is 0 Å². The summed E-state index contributed by atoms with van der Waals surface area (Å²) in [5.41, 5.74) is 18.8. The molecule has 6 aromatic carbocycles. The summed E-state index contributed by atoms with van der Waals surface area (Å²) >= 11 is 0. The second-order valence-electron chi connectivity index (χ2n) is 20.6. The van der Waals surface area contributed by atoms with Crippen LogP contribution in [0, 0.1) is 6.92 Å². The third-order valence-corrected chi connectivity index (χ3v) is 13.6. The van der Waals surface area contributed by atoms with Crippen molar-refractivity contribution in [1.82, 2.24) is 0 Å². The zero-order valence-electron chi connectivity index (χ0n) is 35.7. The van der Waals surface area contributed by atoms with Crippen LogP contribution in [0.1, 0.15) is 110 Å². The fourth-order valence-electron chi connectivity index (χ4n) is 10.1. The van der Waals surface area contributed by atoms with E-state index in [-0.39, 0.29) is 28.4 Å². The molecule has 0 saturated heterocycles. The minimum absolute atomic E-state index is 0.0135. The molecular weight excluding hydrogens is 691 g/mol. The fourth-order valence-corrected chi connectivity index (χ4v) is 10.1. The maximum absolute atomic E-state index is 7.30. The lowest BCUT2D eigenvalue weighted by Gasteiger charge is -2.46. The van der Waals surface area contributed by atoms with E-state index in [1.54, 1.807) is 0 Å². The maximum atomic E-state index is 7.30. The van der Waals surface area contributed by atoms with Gasteiger partial charge in [-0.05, 0) is 146 Å². The molecule has 1 aromatic heterocycles. The second kappa shape index (κ2) is 11.9. The molecule has 0 bridgehead atoms. The first-order valence-electron chi connectivity index (χ1n) is 21.0. The van der Waals surface area contributed by atoms with Crippen molar-refractivity contribution >= 4 is 79.2 Å². The Morgan fingerprint density at radius 1 is 0.579 bits per heavy atom. The molecule has 0 saturated carbocycles. The summed E-state index contributed by atoms with van der Waals surface area (Å²) in [6, 6.07) is 41.9. The van der Waals surface area contributed by atoms with E-state index in [0.29, 0.717) is 0 Å². The number of hydrogen-bond acceptors (Lipinski definition) is 3. The zero-order chi connectivity index (χ0) is 40.0. The molecule has 10 rings (SSSR count). The predicted molar refractivity (Wildman–Crippen MR) is 245 cm³/mol. The highest BCUT2D eigenvalue weighted by Gasteiger charge is 2.49. The van der Waals surface area contributed by atoms with Crippen LogP contribution < -0.4 is 26.4 Å². The van der Waals surface area contributed by atoms with Crippen LogP contribution >= 0.6 is 0 Å². The first-order valence-corrected chi connectivity index (χ1v) is 21.0. The number of anilines is 6. The Labute approximate surface area is 339 Å². The Kier molecular flexibility index (Phi) is 7.56. The molecular formula is C53H55BN2O. The number of benzene rings is 6. The predicted octanol–water partition coefficient (Wildman–Crippen LogP) is 12.9. The van der Waals surface area contributed by atoms with E-state index in [2.05, 4.69) is 195 Å². The molecule has 0 amide bonds. The van der Waals surface area contributed by atoms with Crippen molar-refractivity contribution in [1.29, 1.82) is 0 Å². The van der Waals surface area contributed by atoms with Crippen LogP contribution in [0.5, 0.6) is 0 Å². The van der Waals surface area contributed by atoms with E-state index in [1.165, 1.54) is 84.1 Å². The van der Waals surface area contributed by atoms with Gasteiger partial charge in [-0.15, -0.1) is 0 Å². The van der Waals surface area contributed by atoms with E-state index in [0.717, 1.165) is 29.0 Å². The van der Waals surface area contributed by atoms with E-state index in [9.17, 15) is 0 Å². The number of fused-ring (bicyclic) bond motifs is 8. The van der Waals surface area contributed by atoms with Crippen molar-refractivity contribution < 1.29 is 4.42 Å². The van der Waals surface area contributed by atoms with Gasteiger partial charge in [0.15, 0.2) is 0 Å². The molecule has 0 spiro atoms. The van der Waals surface area contributed by atoms with E-state index < -0.39 is 0 Å². The van der Waals surface area contributed by atoms with Crippen molar-refractivity contribution in [2.45, 2.75) is 111 Å². The summed E-state index contributed by atoms with van der Waals surface area (Å²) in [7, 11) is 0. The average molecular weight is 747 g/mol. The van der Waals surface area contributed by atoms with Crippen LogP contribution in [-0.4, -0.2) is 6.71 Å². The van der Waals surface area contributed by atoms with Crippen molar-refractivity contribution in [3.63, 3.8) is 0 Å². The summed E-state index contributed by atoms with van der Waals surface area (Å²) in [5.74, 6) is 0. The van der Waals surface area contributed by atoms with Gasteiger partial charge in [-0.1, -0.05) is 124 Å². The number of hydrogen-bond donors (Lipinski definition) is 0. The van der Waals surface area contributed by atoms with Crippen LogP contribution in [-0.2, 0) is 21.7 Å². The Morgan fingerprint density at radius 2 is 1.18 bits per heavy atom. The topological polar surface area (TPSA) is 19.6 Å². The highest BCUT2D eigenvalue weighted by molar-refractivity contribution is 7.00. The number of furan rings is 1. The highest BCUT2D eigenvalue weighted by atomic mass is 16.3. The normalized spacial score (nSPS) is 16.7. The molecule has 0 fully saturated rings. The molecule has 0 atom stereocenters. The average Bonchev–Trinajstić information content (AvgIpc) is 3.54. The fraction of sp³-hybridized carbons (Fsp3) is 0.321. The van der Waals surface area contributed by atoms with Gasteiger partial charge in [0, 0.05) is 33.8 Å². The van der Waals surface area contributed by atoms with Gasteiger partial charge in [0.25, 0.3) is 6.71 Å². The number of nitrogens with zero attached hydrogens (tertiary/aromatic N) is 2. The molecule has 2 aliphatic heterocycles. The van der Waals surface area contributed by atoms with Gasteiger partial charge >= 0.3 is 0 Å². The summed E-state index contributed by atoms with van der Waals surface area (Å²) in [5, 5.41) is 3.63. The molecule has 7 aromatic rings. The summed E-state index contributed by atoms with van der Waals surface area (Å²) < 4.78 is 7.30. The van der Waals surface area contributed by atoms with Crippen molar-refractivity contribution in [3.8, 4) is 0 Å². The van der Waals surface area contributed by atoms with Gasteiger partial charge in [-0.3, -0.25) is 0 Å². The SMILES string of the molecule is Cc1cc2c3c(c1)N(c1ccc4ccccc4c1)c1c(oc4ccc(C(C)(C)C)cc14)B3c1cc3c(cc1N2c1ccc(C(C)(C)C)cc1)C(C)(C)CCC3(C)C. The summed E-state index contributed by atoms with van der Waals surface area (Å²) in [4.78, 5) is 5.10. The lowest BCUT2D eigenvalue weighted by Crippen LogP contribution is -2.61. The van der Waals surface area contributed by atoms with E-state index >= 15 is 0 Å². The smallest absolute Gasteiger partial charge is 0.297 e. The largest absolute Gasteiger partial charge is 0.468 e. The van der Waals surface area contributed by atoms with Gasteiger partial charge in [0.2, 0.25) is 0 Å². The Hall–Kier alpha value is -5.22. The first kappa shape index (κ1) is 36.1. The molecule has 3 nitrogen and oxygen atoms in total. The van der Waals surface area contributed by atoms with Crippen LogP contribution in [0.4, 0.5) is 34.1 Å². The lowest BCUT2D eigenvalue weighted by atomic mass is 9.35. The van der Waals surface area contributed by atoms with Gasteiger partial charge in [-0.25, -0.2) is 0 Å². The summed E-state index contributed by atoms with van der Waals surface area (Å²) in [6.07, 6.45) is 2.33. The van der Waals surface area contributed by atoms with Gasteiger partial charge < -0.3 is 14.2 Å². The molecule has 286 valence electrons. The van der Waals surface area contributed by atoms with Gasteiger partial charge in [0.1, 0.15) is 5.58 Å². The molecule has 4 heteroatoms. The monoisotopic (exact) mass is 746 g/mol. The van der Waals surface area contributed by atoms with Crippen molar-refractivity contribution in [2.75, 3.05) is 9.80 Å². The number of aryl methyl sites for hydroxylation is 1. The van der Waals surface area contributed by atoms with Gasteiger partial charge in [-0.2, -0.15) is 0 Å². The molecule has 0 unspecified atom stereocenters. The van der Waals surface area contributed by atoms with Crippen LogP contribution in [0.25, 0.3) is 21.7 Å². The first-order chi connectivity index (χ1) is 26.9. The lowest BCUT2D eigenvalue weighted by molar-refractivity contribution is 0.332. The third kappa shape index (κ3) is 5.46. The standard InChI is InChI=1S/C53H55BN2O/c1-32-26-44-47-45(27-32)56(38-20-16-33-14-12-13-15-34(33)28-38)48-39-29-36(51(5,6)7)19-23-46(39)57-49(48)54(47)42-30-40-41(53(10,11)25-24-52(40,8)9)31-43(42)55(44)37-21-17-35(18-22-37)50(2,3)4/h12-23,26-31H,24-25H2,1-11H3. The maximum Gasteiger partial charge on any atom is 0.297 e. The zero-order valence-corrected chi connectivity index (χ0v) is 35.7.